The molecule has 1 aliphatic carbocycles. The van der Waals surface area contributed by atoms with E-state index >= 15 is 0 Å². The van der Waals surface area contributed by atoms with Crippen molar-refractivity contribution in [3.05, 3.63) is 0 Å². The zero-order valence-corrected chi connectivity index (χ0v) is 14.4. The van der Waals surface area contributed by atoms with Gasteiger partial charge >= 0.3 is 5.97 Å². The maximum absolute atomic E-state index is 11.6. The van der Waals surface area contributed by atoms with Crippen LogP contribution < -0.4 is 5.32 Å². The molecule has 4 nitrogen and oxygen atoms in total. The number of nitrogens with zero attached hydrogens (tertiary/aromatic N) is 1. The van der Waals surface area contributed by atoms with E-state index in [0.29, 0.717) is 24.3 Å². The Hall–Kier alpha value is -0.610. The van der Waals surface area contributed by atoms with Crippen molar-refractivity contribution in [2.75, 3.05) is 34.3 Å². The van der Waals surface area contributed by atoms with Crippen LogP contribution in [-0.4, -0.2) is 51.2 Å². The highest BCUT2D eigenvalue weighted by Crippen LogP contribution is 2.38. The van der Waals surface area contributed by atoms with Crippen molar-refractivity contribution in [3.63, 3.8) is 0 Å². The molecule has 0 aromatic rings. The fraction of sp³-hybridized carbons (Fsp3) is 0.941. The molecule has 21 heavy (non-hydrogen) atoms. The zero-order chi connectivity index (χ0) is 15.7. The van der Waals surface area contributed by atoms with E-state index < -0.39 is 0 Å². The molecule has 0 bridgehead atoms. The van der Waals surface area contributed by atoms with Gasteiger partial charge in [0.25, 0.3) is 0 Å². The third kappa shape index (κ3) is 6.79. The highest BCUT2D eigenvalue weighted by Gasteiger charge is 2.36. The zero-order valence-electron chi connectivity index (χ0n) is 14.4. The van der Waals surface area contributed by atoms with Crippen LogP contribution in [-0.2, 0) is 9.53 Å². The first-order valence-corrected chi connectivity index (χ1v) is 8.53. The molecule has 1 rings (SSSR count). The van der Waals surface area contributed by atoms with E-state index in [2.05, 4.69) is 31.2 Å². The Morgan fingerprint density at radius 1 is 1.29 bits per heavy atom. The lowest BCUT2D eigenvalue weighted by Crippen LogP contribution is -2.38. The molecule has 0 aliphatic heterocycles. The van der Waals surface area contributed by atoms with Gasteiger partial charge in [-0.25, -0.2) is 0 Å². The second kappa shape index (κ2) is 10.2. The lowest BCUT2D eigenvalue weighted by Gasteiger charge is -2.26. The minimum atomic E-state index is -0.0468. The van der Waals surface area contributed by atoms with Crippen LogP contribution in [0.4, 0.5) is 0 Å². The Bertz CT molecular complexity index is 295. The molecule has 0 unspecified atom stereocenters. The molecule has 0 radical (unpaired) electrons. The van der Waals surface area contributed by atoms with Gasteiger partial charge in [0.2, 0.25) is 0 Å². The first kappa shape index (κ1) is 18.4. The lowest BCUT2D eigenvalue weighted by atomic mass is 9.86. The van der Waals surface area contributed by atoms with E-state index in [-0.39, 0.29) is 5.97 Å². The monoisotopic (exact) mass is 298 g/mol. The largest absolute Gasteiger partial charge is 0.469 e. The summed E-state index contributed by atoms with van der Waals surface area (Å²) in [7, 11) is 5.71. The fourth-order valence-corrected chi connectivity index (χ4v) is 3.50. The number of unbranched alkanes of at least 4 members (excludes halogenated alkanes) is 2. The van der Waals surface area contributed by atoms with Crippen LogP contribution in [0, 0.1) is 11.8 Å². The van der Waals surface area contributed by atoms with Gasteiger partial charge in [0.05, 0.1) is 7.11 Å². The summed E-state index contributed by atoms with van der Waals surface area (Å²) in [4.78, 5) is 13.8. The maximum Gasteiger partial charge on any atom is 0.305 e. The molecule has 0 aromatic carbocycles. The predicted molar refractivity (Wildman–Crippen MR) is 87.3 cm³/mol. The molecule has 0 heterocycles. The Labute approximate surface area is 130 Å². The van der Waals surface area contributed by atoms with Gasteiger partial charge in [-0.1, -0.05) is 26.2 Å². The predicted octanol–water partition coefficient (Wildman–Crippen LogP) is 2.68. The summed E-state index contributed by atoms with van der Waals surface area (Å²) in [6, 6.07) is 0.580. The van der Waals surface area contributed by atoms with E-state index in [1.165, 1.54) is 39.2 Å². The third-order valence-electron chi connectivity index (χ3n) is 4.73. The van der Waals surface area contributed by atoms with Crippen LogP contribution in [0.1, 0.15) is 51.9 Å². The molecule has 1 N–H and O–H groups in total. The normalized spacial score (nSPS) is 25.5. The van der Waals surface area contributed by atoms with Crippen LogP contribution in [0.2, 0.25) is 0 Å². The van der Waals surface area contributed by atoms with Gasteiger partial charge in [-0.15, -0.1) is 0 Å². The highest BCUT2D eigenvalue weighted by molar-refractivity contribution is 5.69. The summed E-state index contributed by atoms with van der Waals surface area (Å²) in [5, 5.41) is 3.72. The topological polar surface area (TPSA) is 41.6 Å². The number of ether oxygens (including phenoxy) is 1. The number of rotatable bonds is 10. The summed E-state index contributed by atoms with van der Waals surface area (Å²) in [5.74, 6) is 1.10. The molecule has 1 saturated carbocycles. The molecule has 0 amide bonds. The van der Waals surface area contributed by atoms with Crippen molar-refractivity contribution in [1.82, 2.24) is 10.2 Å². The van der Waals surface area contributed by atoms with E-state index in [9.17, 15) is 4.79 Å². The molecule has 4 heteroatoms. The van der Waals surface area contributed by atoms with E-state index in [1.807, 2.05) is 0 Å². The second-order valence-corrected chi connectivity index (χ2v) is 6.64. The van der Waals surface area contributed by atoms with Crippen molar-refractivity contribution in [3.8, 4) is 0 Å². The summed E-state index contributed by atoms with van der Waals surface area (Å²) >= 11 is 0. The average Bonchev–Trinajstić information content (AvgIpc) is 2.81. The van der Waals surface area contributed by atoms with Gasteiger partial charge in [-0.2, -0.15) is 0 Å². The summed E-state index contributed by atoms with van der Waals surface area (Å²) in [6.07, 6.45) is 8.04. The Balaban J connectivity index is 2.49. The Kier molecular flexibility index (Phi) is 8.93. The summed E-state index contributed by atoms with van der Waals surface area (Å²) < 4.78 is 4.87. The van der Waals surface area contributed by atoms with E-state index in [0.717, 1.165) is 19.5 Å². The van der Waals surface area contributed by atoms with Crippen LogP contribution in [0.15, 0.2) is 0 Å². The van der Waals surface area contributed by atoms with Crippen molar-refractivity contribution < 1.29 is 9.53 Å². The molecular formula is C17H34N2O2. The van der Waals surface area contributed by atoms with Crippen LogP contribution in [0.5, 0.6) is 0 Å². The van der Waals surface area contributed by atoms with Crippen molar-refractivity contribution in [2.24, 2.45) is 11.8 Å². The Morgan fingerprint density at radius 3 is 2.67 bits per heavy atom. The number of hydrogen-bond acceptors (Lipinski definition) is 4. The van der Waals surface area contributed by atoms with E-state index in [4.69, 9.17) is 4.74 Å². The SMILES string of the molecule is CCCCC[C@@H]1[C@H](CC(=O)OC)CC[C@H]1NCCN(C)C. The van der Waals surface area contributed by atoms with Gasteiger partial charge in [-0.3, -0.25) is 4.79 Å². The molecule has 0 aromatic heterocycles. The first-order chi connectivity index (χ1) is 10.1. The first-order valence-electron chi connectivity index (χ1n) is 8.53. The number of methoxy groups -OCH3 is 1. The quantitative estimate of drug-likeness (QED) is 0.497. The number of hydrogen-bond donors (Lipinski definition) is 1. The maximum atomic E-state index is 11.6. The number of carbonyl (C=O) groups is 1. The van der Waals surface area contributed by atoms with Crippen LogP contribution in [0.3, 0.4) is 0 Å². The van der Waals surface area contributed by atoms with Crippen molar-refractivity contribution in [1.29, 1.82) is 0 Å². The highest BCUT2D eigenvalue weighted by atomic mass is 16.5. The van der Waals surface area contributed by atoms with Gasteiger partial charge in [0.1, 0.15) is 0 Å². The number of esters is 1. The molecule has 3 atom stereocenters. The second-order valence-electron chi connectivity index (χ2n) is 6.64. The molecule has 1 aliphatic rings. The van der Waals surface area contributed by atoms with Gasteiger partial charge in [-0.05, 0) is 45.2 Å². The van der Waals surface area contributed by atoms with Gasteiger partial charge in [0, 0.05) is 25.6 Å². The standard InChI is InChI=1S/C17H34N2O2/c1-5-6-7-8-15-14(13-17(20)21-4)9-10-16(15)18-11-12-19(2)3/h14-16,18H,5-13H2,1-4H3/t14-,15+,16+/m0/s1. The van der Waals surface area contributed by atoms with Crippen molar-refractivity contribution in [2.45, 2.75) is 57.9 Å². The van der Waals surface area contributed by atoms with Crippen LogP contribution >= 0.6 is 0 Å². The van der Waals surface area contributed by atoms with Crippen LogP contribution in [0.25, 0.3) is 0 Å². The number of likely N-dealkylation sites (N-methyl/N-ethyl adjacent to an activating group) is 1. The lowest BCUT2D eigenvalue weighted by molar-refractivity contribution is -0.142. The van der Waals surface area contributed by atoms with Crippen molar-refractivity contribution >= 4 is 5.97 Å². The third-order valence-corrected chi connectivity index (χ3v) is 4.73. The number of carbonyl (C=O) groups excluding carboxylic acids is 1. The molecule has 1 fully saturated rings. The van der Waals surface area contributed by atoms with Gasteiger partial charge in [0.15, 0.2) is 0 Å². The fourth-order valence-electron chi connectivity index (χ4n) is 3.50. The molecular weight excluding hydrogens is 264 g/mol. The average molecular weight is 298 g/mol. The van der Waals surface area contributed by atoms with Gasteiger partial charge < -0.3 is 15.0 Å². The summed E-state index contributed by atoms with van der Waals surface area (Å²) in [6.45, 7) is 4.35. The van der Waals surface area contributed by atoms with E-state index in [1.54, 1.807) is 0 Å². The number of nitrogens with one attached hydrogen (secondary N) is 1. The smallest absolute Gasteiger partial charge is 0.305 e. The Morgan fingerprint density at radius 2 is 2.05 bits per heavy atom. The molecule has 0 spiro atoms. The minimum Gasteiger partial charge on any atom is -0.469 e. The molecule has 124 valence electrons. The molecule has 0 saturated heterocycles. The minimum absolute atomic E-state index is 0.0468. The summed E-state index contributed by atoms with van der Waals surface area (Å²) in [5.41, 5.74) is 0.